The highest BCUT2D eigenvalue weighted by molar-refractivity contribution is 6.04. The van der Waals surface area contributed by atoms with Crippen molar-refractivity contribution in [3.63, 3.8) is 0 Å². The molecule has 104 valence electrons. The SMILES string of the molecule is Cc1cc(NC(=O)c2cccc(N(C)C)c2)ccc1O. The number of rotatable bonds is 3. The third kappa shape index (κ3) is 3.09. The van der Waals surface area contributed by atoms with Gasteiger partial charge in [-0.3, -0.25) is 4.79 Å². The molecule has 0 unspecified atom stereocenters. The third-order valence-electron chi connectivity index (χ3n) is 3.08. The highest BCUT2D eigenvalue weighted by atomic mass is 16.3. The molecular formula is C16H18N2O2. The van der Waals surface area contributed by atoms with E-state index in [2.05, 4.69) is 5.32 Å². The number of carbonyl (C=O) groups is 1. The number of hydrogen-bond acceptors (Lipinski definition) is 3. The lowest BCUT2D eigenvalue weighted by Crippen LogP contribution is -2.14. The van der Waals surface area contributed by atoms with Crippen molar-refractivity contribution < 1.29 is 9.90 Å². The smallest absolute Gasteiger partial charge is 0.255 e. The Morgan fingerprint density at radius 1 is 1.15 bits per heavy atom. The highest BCUT2D eigenvalue weighted by Gasteiger charge is 2.08. The summed E-state index contributed by atoms with van der Waals surface area (Å²) >= 11 is 0. The molecule has 2 N–H and O–H groups in total. The molecule has 0 aromatic heterocycles. The molecule has 0 bridgehead atoms. The molecule has 20 heavy (non-hydrogen) atoms. The van der Waals surface area contributed by atoms with Crippen molar-refractivity contribution in [3.8, 4) is 5.75 Å². The first-order valence-corrected chi connectivity index (χ1v) is 6.36. The predicted octanol–water partition coefficient (Wildman–Crippen LogP) is 3.02. The second-order valence-electron chi connectivity index (χ2n) is 4.90. The first kappa shape index (κ1) is 13.9. The molecule has 4 heteroatoms. The second kappa shape index (κ2) is 5.65. The van der Waals surface area contributed by atoms with Crippen molar-refractivity contribution in [2.75, 3.05) is 24.3 Å². The molecule has 0 aliphatic carbocycles. The molecule has 0 radical (unpaired) electrons. The quantitative estimate of drug-likeness (QED) is 0.843. The average Bonchev–Trinajstić information content (AvgIpc) is 2.43. The first-order chi connectivity index (χ1) is 9.47. The molecule has 2 aromatic rings. The summed E-state index contributed by atoms with van der Waals surface area (Å²) in [6.45, 7) is 1.79. The van der Waals surface area contributed by atoms with E-state index in [1.54, 1.807) is 31.2 Å². The minimum absolute atomic E-state index is 0.168. The summed E-state index contributed by atoms with van der Waals surface area (Å²) in [5.74, 6) is 0.0522. The molecule has 0 saturated carbocycles. The topological polar surface area (TPSA) is 52.6 Å². The van der Waals surface area contributed by atoms with Crippen LogP contribution in [0.1, 0.15) is 15.9 Å². The van der Waals surface area contributed by atoms with Gasteiger partial charge in [-0.25, -0.2) is 0 Å². The van der Waals surface area contributed by atoms with Crippen LogP contribution in [0.25, 0.3) is 0 Å². The fraction of sp³-hybridized carbons (Fsp3) is 0.188. The lowest BCUT2D eigenvalue weighted by Gasteiger charge is -2.13. The van der Waals surface area contributed by atoms with Gasteiger partial charge in [0.25, 0.3) is 5.91 Å². The molecule has 0 aliphatic rings. The highest BCUT2D eigenvalue weighted by Crippen LogP contribution is 2.21. The molecule has 2 aromatic carbocycles. The maximum Gasteiger partial charge on any atom is 0.255 e. The summed E-state index contributed by atoms with van der Waals surface area (Å²) in [5.41, 5.74) is 2.96. The monoisotopic (exact) mass is 270 g/mol. The number of benzene rings is 2. The van der Waals surface area contributed by atoms with Crippen LogP contribution >= 0.6 is 0 Å². The Labute approximate surface area is 118 Å². The maximum absolute atomic E-state index is 12.2. The van der Waals surface area contributed by atoms with E-state index in [-0.39, 0.29) is 11.7 Å². The molecule has 0 fully saturated rings. The lowest BCUT2D eigenvalue weighted by molar-refractivity contribution is 0.102. The summed E-state index contributed by atoms with van der Waals surface area (Å²) in [7, 11) is 3.86. The van der Waals surface area contributed by atoms with Gasteiger partial charge in [0.2, 0.25) is 0 Å². The maximum atomic E-state index is 12.2. The van der Waals surface area contributed by atoms with Crippen LogP contribution in [0.4, 0.5) is 11.4 Å². The Morgan fingerprint density at radius 3 is 2.55 bits per heavy atom. The fourth-order valence-electron chi connectivity index (χ4n) is 1.86. The average molecular weight is 270 g/mol. The number of aromatic hydroxyl groups is 1. The van der Waals surface area contributed by atoms with Crippen LogP contribution in [-0.2, 0) is 0 Å². The van der Waals surface area contributed by atoms with E-state index >= 15 is 0 Å². The van der Waals surface area contributed by atoms with Crippen LogP contribution < -0.4 is 10.2 Å². The van der Waals surface area contributed by atoms with E-state index in [0.29, 0.717) is 11.3 Å². The van der Waals surface area contributed by atoms with Crippen LogP contribution in [-0.4, -0.2) is 25.1 Å². The molecule has 4 nitrogen and oxygen atoms in total. The van der Waals surface area contributed by atoms with Gasteiger partial charge in [0.15, 0.2) is 0 Å². The van der Waals surface area contributed by atoms with E-state index in [4.69, 9.17) is 0 Å². The standard InChI is InChI=1S/C16H18N2O2/c1-11-9-13(7-8-15(11)19)17-16(20)12-5-4-6-14(10-12)18(2)3/h4-10,19H,1-3H3,(H,17,20). The van der Waals surface area contributed by atoms with Crippen molar-refractivity contribution in [2.24, 2.45) is 0 Å². The van der Waals surface area contributed by atoms with Crippen molar-refractivity contribution >= 4 is 17.3 Å². The Hall–Kier alpha value is -2.49. The number of nitrogens with zero attached hydrogens (tertiary/aromatic N) is 1. The van der Waals surface area contributed by atoms with Gasteiger partial charge in [0, 0.05) is 31.0 Å². The van der Waals surface area contributed by atoms with Crippen molar-refractivity contribution in [1.82, 2.24) is 0 Å². The number of carbonyl (C=O) groups excluding carboxylic acids is 1. The number of hydrogen-bond donors (Lipinski definition) is 2. The van der Waals surface area contributed by atoms with Gasteiger partial charge in [0.1, 0.15) is 5.75 Å². The number of amides is 1. The molecule has 0 atom stereocenters. The summed E-state index contributed by atoms with van der Waals surface area (Å²) in [6, 6.07) is 12.4. The van der Waals surface area contributed by atoms with Gasteiger partial charge in [0.05, 0.1) is 0 Å². The van der Waals surface area contributed by atoms with Crippen molar-refractivity contribution in [3.05, 3.63) is 53.6 Å². The Bertz CT molecular complexity index is 636. The zero-order valence-electron chi connectivity index (χ0n) is 11.8. The van der Waals surface area contributed by atoms with E-state index in [1.165, 1.54) is 0 Å². The first-order valence-electron chi connectivity index (χ1n) is 6.36. The zero-order valence-corrected chi connectivity index (χ0v) is 11.8. The minimum Gasteiger partial charge on any atom is -0.508 e. The number of nitrogens with one attached hydrogen (secondary N) is 1. The Balaban J connectivity index is 2.19. The second-order valence-corrected chi connectivity index (χ2v) is 4.90. The molecule has 0 spiro atoms. The molecule has 2 rings (SSSR count). The molecule has 0 heterocycles. The number of phenolic OH excluding ortho intramolecular Hbond substituents is 1. The van der Waals surface area contributed by atoms with Gasteiger partial charge in [-0.05, 0) is 48.9 Å². The summed E-state index contributed by atoms with van der Waals surface area (Å²) < 4.78 is 0. The van der Waals surface area contributed by atoms with Crippen LogP contribution in [0.5, 0.6) is 5.75 Å². The van der Waals surface area contributed by atoms with Crippen molar-refractivity contribution in [2.45, 2.75) is 6.92 Å². The van der Waals surface area contributed by atoms with E-state index in [1.807, 2.05) is 37.2 Å². The number of phenols is 1. The summed E-state index contributed by atoms with van der Waals surface area (Å²) in [4.78, 5) is 14.1. The normalized spacial score (nSPS) is 10.2. The predicted molar refractivity (Wildman–Crippen MR) is 81.6 cm³/mol. The fourth-order valence-corrected chi connectivity index (χ4v) is 1.86. The van der Waals surface area contributed by atoms with Gasteiger partial charge in [-0.1, -0.05) is 6.07 Å². The van der Waals surface area contributed by atoms with Crippen LogP contribution in [0.3, 0.4) is 0 Å². The molecular weight excluding hydrogens is 252 g/mol. The van der Waals surface area contributed by atoms with Crippen LogP contribution in [0, 0.1) is 6.92 Å². The van der Waals surface area contributed by atoms with Crippen LogP contribution in [0.2, 0.25) is 0 Å². The Kier molecular flexibility index (Phi) is 3.94. The van der Waals surface area contributed by atoms with E-state index in [0.717, 1.165) is 11.3 Å². The molecule has 1 amide bonds. The zero-order chi connectivity index (χ0) is 14.7. The Morgan fingerprint density at radius 2 is 1.90 bits per heavy atom. The largest absolute Gasteiger partial charge is 0.508 e. The van der Waals surface area contributed by atoms with E-state index in [9.17, 15) is 9.90 Å². The van der Waals surface area contributed by atoms with Crippen molar-refractivity contribution in [1.29, 1.82) is 0 Å². The van der Waals surface area contributed by atoms with Gasteiger partial charge < -0.3 is 15.3 Å². The molecule has 0 saturated heterocycles. The molecule has 0 aliphatic heterocycles. The van der Waals surface area contributed by atoms with Crippen LogP contribution in [0.15, 0.2) is 42.5 Å². The summed E-state index contributed by atoms with van der Waals surface area (Å²) in [6.07, 6.45) is 0. The number of aryl methyl sites for hydroxylation is 1. The van der Waals surface area contributed by atoms with Gasteiger partial charge >= 0.3 is 0 Å². The minimum atomic E-state index is -0.168. The number of anilines is 2. The van der Waals surface area contributed by atoms with Gasteiger partial charge in [-0.15, -0.1) is 0 Å². The third-order valence-corrected chi connectivity index (χ3v) is 3.08. The summed E-state index contributed by atoms with van der Waals surface area (Å²) in [5, 5.41) is 12.3. The van der Waals surface area contributed by atoms with E-state index < -0.39 is 0 Å². The van der Waals surface area contributed by atoms with Gasteiger partial charge in [-0.2, -0.15) is 0 Å². The lowest BCUT2D eigenvalue weighted by atomic mass is 10.1.